The average molecular weight is 519 g/mol. The zero-order valence-corrected chi connectivity index (χ0v) is 20.9. The summed E-state index contributed by atoms with van der Waals surface area (Å²) in [6, 6.07) is 11.2. The number of benzene rings is 1. The lowest BCUT2D eigenvalue weighted by atomic mass is 9.93. The Balaban J connectivity index is 1.17. The van der Waals surface area contributed by atoms with Gasteiger partial charge in [-0.1, -0.05) is 0 Å². The Kier molecular flexibility index (Phi) is 5.77. The van der Waals surface area contributed by atoms with E-state index in [1.807, 2.05) is 4.90 Å². The lowest BCUT2D eigenvalue weighted by Crippen LogP contribution is -2.37. The Morgan fingerprint density at radius 3 is 2.61 bits per heavy atom. The van der Waals surface area contributed by atoms with Crippen molar-refractivity contribution in [1.82, 2.24) is 24.6 Å². The molecule has 4 aromatic rings. The Hall–Kier alpha value is -4.09. The summed E-state index contributed by atoms with van der Waals surface area (Å²) in [5, 5.41) is 14.2. The van der Waals surface area contributed by atoms with Crippen LogP contribution in [0.5, 0.6) is 5.88 Å². The van der Waals surface area contributed by atoms with E-state index in [1.54, 1.807) is 44.3 Å². The van der Waals surface area contributed by atoms with Crippen molar-refractivity contribution in [2.24, 2.45) is 24.6 Å². The molecule has 1 saturated carbocycles. The molecule has 3 aromatic heterocycles. The summed E-state index contributed by atoms with van der Waals surface area (Å²) in [6.45, 7) is 2.57. The third-order valence-corrected chi connectivity index (χ3v) is 7.34. The van der Waals surface area contributed by atoms with Crippen molar-refractivity contribution in [3.05, 3.63) is 72.0 Å². The Labute approximate surface area is 217 Å². The maximum Gasteiger partial charge on any atom is 0.272 e. The molecular formula is C27H27FN6O4. The van der Waals surface area contributed by atoms with E-state index >= 15 is 0 Å². The smallest absolute Gasteiger partial charge is 0.272 e. The van der Waals surface area contributed by atoms with Crippen LogP contribution in [0.2, 0.25) is 0 Å². The summed E-state index contributed by atoms with van der Waals surface area (Å²) >= 11 is 0. The van der Waals surface area contributed by atoms with Crippen LogP contribution >= 0.6 is 0 Å². The van der Waals surface area contributed by atoms with Gasteiger partial charge in [-0.05, 0) is 42.8 Å². The largest absolute Gasteiger partial charge is 0.474 e. The molecule has 0 bridgehead atoms. The Morgan fingerprint density at radius 1 is 1.21 bits per heavy atom. The predicted octanol–water partition coefficient (Wildman–Crippen LogP) is 2.59. The number of fused-ring (bicyclic) bond motifs is 1. The van der Waals surface area contributed by atoms with E-state index in [9.17, 15) is 14.3 Å². The Bertz CT molecular complexity index is 1470. The number of piperidine rings is 1. The van der Waals surface area contributed by atoms with Crippen LogP contribution in [0.4, 0.5) is 4.39 Å². The summed E-state index contributed by atoms with van der Waals surface area (Å²) in [5.41, 5.74) is 8.21. The van der Waals surface area contributed by atoms with Gasteiger partial charge in [-0.2, -0.15) is 5.10 Å². The summed E-state index contributed by atoms with van der Waals surface area (Å²) < 4.78 is 26.6. The number of pyridine rings is 1. The van der Waals surface area contributed by atoms with E-state index in [0.29, 0.717) is 53.1 Å². The number of aromatic nitrogens is 4. The van der Waals surface area contributed by atoms with Crippen LogP contribution in [0.25, 0.3) is 22.8 Å². The quantitative estimate of drug-likeness (QED) is 0.382. The normalized spacial score (nSPS) is 21.7. The molecule has 1 saturated heterocycles. The zero-order chi connectivity index (χ0) is 26.6. The van der Waals surface area contributed by atoms with Gasteiger partial charge in [0.05, 0.1) is 24.0 Å². The maximum atomic E-state index is 13.5. The number of nitrogens with zero attached hydrogens (tertiary/aromatic N) is 5. The number of aliphatic hydroxyl groups excluding tert-OH is 1. The number of aliphatic hydroxyl groups is 1. The molecule has 4 atom stereocenters. The molecule has 1 amide bonds. The number of oxazole rings is 1. The first-order valence-corrected chi connectivity index (χ1v) is 12.3. The highest BCUT2D eigenvalue weighted by molar-refractivity contribution is 5.93. The van der Waals surface area contributed by atoms with Crippen LogP contribution in [0.15, 0.2) is 59.3 Å². The van der Waals surface area contributed by atoms with Crippen molar-refractivity contribution in [2.45, 2.75) is 18.6 Å². The minimum Gasteiger partial charge on any atom is -0.474 e. The van der Waals surface area contributed by atoms with Crippen LogP contribution in [-0.2, 0) is 12.6 Å². The first-order valence-electron chi connectivity index (χ1n) is 12.3. The van der Waals surface area contributed by atoms with Crippen LogP contribution in [0.1, 0.15) is 23.0 Å². The fourth-order valence-electron chi connectivity index (χ4n) is 4.99. The van der Waals surface area contributed by atoms with Crippen molar-refractivity contribution in [3.8, 4) is 28.7 Å². The second-order valence-corrected chi connectivity index (χ2v) is 10.2. The number of carbonyl (C=O) groups is 1. The van der Waals surface area contributed by atoms with Crippen molar-refractivity contribution >= 4 is 5.91 Å². The van der Waals surface area contributed by atoms with E-state index in [1.165, 1.54) is 29.3 Å². The van der Waals surface area contributed by atoms with Crippen LogP contribution in [-0.4, -0.2) is 61.5 Å². The minimum absolute atomic E-state index is 0.0876. The van der Waals surface area contributed by atoms with E-state index in [4.69, 9.17) is 14.9 Å². The van der Waals surface area contributed by atoms with Gasteiger partial charge >= 0.3 is 0 Å². The molecule has 2 fully saturated rings. The number of amides is 1. The maximum absolute atomic E-state index is 13.5. The highest BCUT2D eigenvalue weighted by Crippen LogP contribution is 2.48. The third kappa shape index (κ3) is 4.33. The molecule has 1 aliphatic carbocycles. The molecule has 2 unspecified atom stereocenters. The number of rotatable bonds is 7. The van der Waals surface area contributed by atoms with E-state index in [0.717, 1.165) is 0 Å². The zero-order valence-electron chi connectivity index (χ0n) is 20.9. The van der Waals surface area contributed by atoms with Crippen molar-refractivity contribution in [1.29, 1.82) is 0 Å². The first kappa shape index (κ1) is 24.3. The van der Waals surface area contributed by atoms with E-state index in [2.05, 4.69) is 15.1 Å². The Morgan fingerprint density at radius 2 is 1.95 bits per heavy atom. The number of halogens is 1. The summed E-state index contributed by atoms with van der Waals surface area (Å²) in [6.07, 6.45) is 2.91. The molecule has 196 valence electrons. The topological polar surface area (TPSA) is 133 Å². The van der Waals surface area contributed by atoms with Gasteiger partial charge in [0.2, 0.25) is 11.8 Å². The molecule has 0 spiro atoms. The summed E-state index contributed by atoms with van der Waals surface area (Å²) in [4.78, 5) is 23.7. The molecule has 10 nitrogen and oxygen atoms in total. The molecule has 11 heteroatoms. The van der Waals surface area contributed by atoms with Crippen LogP contribution in [0, 0.1) is 17.7 Å². The molecular weight excluding hydrogens is 491 g/mol. The van der Waals surface area contributed by atoms with Gasteiger partial charge < -0.3 is 24.9 Å². The minimum atomic E-state index is -1.01. The van der Waals surface area contributed by atoms with Gasteiger partial charge in [-0.3, -0.25) is 9.48 Å². The lowest BCUT2D eigenvalue weighted by Gasteiger charge is -2.24. The highest BCUT2D eigenvalue weighted by Gasteiger charge is 2.59. The fourth-order valence-corrected chi connectivity index (χ4v) is 4.99. The van der Waals surface area contributed by atoms with Crippen molar-refractivity contribution in [2.75, 3.05) is 19.7 Å². The number of nitrogens with two attached hydrogens (primary N) is 1. The van der Waals surface area contributed by atoms with Gasteiger partial charge in [-0.15, -0.1) is 0 Å². The fraction of sp³-hybridized carbons (Fsp3) is 0.333. The third-order valence-electron chi connectivity index (χ3n) is 7.34. The first-order chi connectivity index (χ1) is 18.2. The SMILES string of the molecule is Cn1nc(-c2ncco2)cc1C(=O)N1C[C@@H]2C(Oc3cc(C(C)(N)CO)cc(-c4ccc(F)cc4)n3)[C@@H]2C1. The molecule has 0 radical (unpaired) electrons. The van der Waals surface area contributed by atoms with E-state index < -0.39 is 5.54 Å². The molecule has 1 aliphatic heterocycles. The average Bonchev–Trinajstić information content (AvgIpc) is 3.42. The van der Waals surface area contributed by atoms with Gasteiger partial charge in [-0.25, -0.2) is 14.4 Å². The van der Waals surface area contributed by atoms with Gasteiger partial charge in [0.15, 0.2) is 0 Å². The molecule has 2 aliphatic rings. The molecule has 3 N–H and O–H groups in total. The molecule has 1 aromatic carbocycles. The number of likely N-dealkylation sites (tertiary alicyclic amines) is 1. The monoisotopic (exact) mass is 518 g/mol. The number of aryl methyl sites for hydroxylation is 1. The standard InChI is InChI=1S/C27H27FN6O4/c1-27(29,14-35)16-9-20(15-3-5-17(28)6-4-15)31-23(10-16)38-24-18-12-34(13-19(18)24)26(36)22-11-21(32-33(22)2)25-30-7-8-37-25/h3-11,18-19,24,35H,12-14,29H2,1-2H3/t18-,19+,24?,27?. The van der Waals surface area contributed by atoms with Crippen LogP contribution in [0.3, 0.4) is 0 Å². The number of carbonyl (C=O) groups excluding carboxylic acids is 1. The molecule has 6 rings (SSSR count). The van der Waals surface area contributed by atoms with E-state index in [-0.39, 0.29) is 36.3 Å². The second kappa shape index (κ2) is 9.03. The summed E-state index contributed by atoms with van der Waals surface area (Å²) in [7, 11) is 1.72. The number of ether oxygens (including phenoxy) is 1. The highest BCUT2D eigenvalue weighted by atomic mass is 19.1. The number of hydrogen-bond acceptors (Lipinski definition) is 8. The molecule has 4 heterocycles. The van der Waals surface area contributed by atoms with Gasteiger partial charge in [0.1, 0.15) is 29.6 Å². The van der Waals surface area contributed by atoms with Crippen molar-refractivity contribution < 1.29 is 23.4 Å². The summed E-state index contributed by atoms with van der Waals surface area (Å²) in [5.74, 6) is 0.656. The predicted molar refractivity (Wildman–Crippen MR) is 134 cm³/mol. The van der Waals surface area contributed by atoms with Crippen molar-refractivity contribution in [3.63, 3.8) is 0 Å². The lowest BCUT2D eigenvalue weighted by molar-refractivity contribution is 0.0740. The second-order valence-electron chi connectivity index (χ2n) is 10.2. The van der Waals surface area contributed by atoms with Crippen LogP contribution < -0.4 is 10.5 Å². The van der Waals surface area contributed by atoms with Gasteiger partial charge in [0, 0.05) is 49.7 Å². The number of hydrogen-bond donors (Lipinski definition) is 2. The van der Waals surface area contributed by atoms with Gasteiger partial charge in [0.25, 0.3) is 5.91 Å². The molecule has 38 heavy (non-hydrogen) atoms.